The number of nitrogens with one attached hydrogen (secondary N) is 1. The van der Waals surface area contributed by atoms with Crippen molar-refractivity contribution >= 4 is 6.08 Å². The second kappa shape index (κ2) is 3.67. The highest BCUT2D eigenvalue weighted by molar-refractivity contribution is 5.32. The van der Waals surface area contributed by atoms with Gasteiger partial charge >= 0.3 is 17.1 Å². The zero-order valence-corrected chi connectivity index (χ0v) is 7.18. The van der Waals surface area contributed by atoms with E-state index in [9.17, 15) is 19.2 Å². The van der Waals surface area contributed by atoms with Crippen LogP contribution in [0.25, 0.3) is 0 Å². The zero-order chi connectivity index (χ0) is 10.7. The Kier molecular flexibility index (Phi) is 2.59. The monoisotopic (exact) mass is 198 g/mol. The normalized spacial score (nSPS) is 9.50. The minimum Gasteiger partial charge on any atom is -0.259 e. The van der Waals surface area contributed by atoms with Gasteiger partial charge in [-0.3, -0.25) is 4.98 Å². The highest BCUT2D eigenvalue weighted by Crippen LogP contribution is 1.68. The number of hydrogen-bond acceptors (Lipinski definition) is 5. The van der Waals surface area contributed by atoms with E-state index in [0.717, 1.165) is 0 Å². The van der Waals surface area contributed by atoms with E-state index in [1.807, 2.05) is 4.98 Å². The van der Waals surface area contributed by atoms with E-state index in [4.69, 9.17) is 0 Å². The van der Waals surface area contributed by atoms with Gasteiger partial charge in [0, 0.05) is 7.05 Å². The van der Waals surface area contributed by atoms with Crippen molar-refractivity contribution in [3.05, 3.63) is 31.5 Å². The molecule has 0 aromatic carbocycles. The Labute approximate surface area is 76.1 Å². The predicted molar refractivity (Wildman–Crippen MR) is 44.7 cm³/mol. The number of hydrogen-bond donors (Lipinski definition) is 1. The predicted octanol–water partition coefficient (Wildman–Crippen LogP) is -2.47. The van der Waals surface area contributed by atoms with Gasteiger partial charge in [-0.1, -0.05) is 0 Å². The fraction of sp³-hybridized carbons (Fsp3) is 0.333. The van der Waals surface area contributed by atoms with E-state index in [1.165, 1.54) is 13.1 Å². The molecular formula is C6H6N4O4. The van der Waals surface area contributed by atoms with Crippen molar-refractivity contribution in [3.8, 4) is 0 Å². The van der Waals surface area contributed by atoms with Gasteiger partial charge in [-0.2, -0.15) is 4.99 Å². The van der Waals surface area contributed by atoms with Crippen molar-refractivity contribution < 1.29 is 4.79 Å². The topological polar surface area (TPSA) is 106 Å². The third-order valence-corrected chi connectivity index (χ3v) is 1.56. The molecule has 8 heteroatoms. The average molecular weight is 198 g/mol. The molecule has 0 fully saturated rings. The summed E-state index contributed by atoms with van der Waals surface area (Å²) in [6.45, 7) is -0.453. The molecular weight excluding hydrogens is 192 g/mol. The largest absolute Gasteiger partial charge is 0.337 e. The van der Waals surface area contributed by atoms with Crippen LogP contribution in [0.3, 0.4) is 0 Å². The van der Waals surface area contributed by atoms with Crippen LogP contribution in [0.1, 0.15) is 0 Å². The highest BCUT2D eigenvalue weighted by atomic mass is 16.2. The summed E-state index contributed by atoms with van der Waals surface area (Å²) in [6, 6.07) is 0. The molecule has 1 aromatic rings. The van der Waals surface area contributed by atoms with Crippen LogP contribution in [0.5, 0.6) is 0 Å². The van der Waals surface area contributed by atoms with Crippen LogP contribution in [0.15, 0.2) is 19.4 Å². The molecule has 8 nitrogen and oxygen atoms in total. The molecule has 74 valence electrons. The van der Waals surface area contributed by atoms with Crippen molar-refractivity contribution in [3.63, 3.8) is 0 Å². The number of isocyanates is 1. The van der Waals surface area contributed by atoms with Gasteiger partial charge in [0.15, 0.2) is 0 Å². The van der Waals surface area contributed by atoms with Crippen molar-refractivity contribution in [2.75, 3.05) is 0 Å². The number of aromatic amines is 1. The Morgan fingerprint density at radius 1 is 1.36 bits per heavy atom. The number of carbonyl (C=O) groups excluding carboxylic acids is 1. The quantitative estimate of drug-likeness (QED) is 0.419. The standard InChI is InChI=1S/C6H6N4O4/c1-9-4(12)8-5(13)10(6(9)14)2-7-3-11/h2H2,1H3,(H,8,12,13). The summed E-state index contributed by atoms with van der Waals surface area (Å²) >= 11 is 0. The molecule has 0 saturated heterocycles. The molecule has 1 aromatic heterocycles. The van der Waals surface area contributed by atoms with Gasteiger partial charge < -0.3 is 0 Å². The molecule has 14 heavy (non-hydrogen) atoms. The summed E-state index contributed by atoms with van der Waals surface area (Å²) in [5, 5.41) is 0. The molecule has 0 amide bonds. The maximum absolute atomic E-state index is 11.2. The molecule has 0 aliphatic rings. The molecule has 1 N–H and O–H groups in total. The van der Waals surface area contributed by atoms with Crippen LogP contribution in [-0.4, -0.2) is 20.2 Å². The molecule has 0 saturated carbocycles. The average Bonchev–Trinajstić information content (AvgIpc) is 2.14. The van der Waals surface area contributed by atoms with Crippen molar-refractivity contribution in [2.24, 2.45) is 12.0 Å². The number of aliphatic imine (C=N–C) groups is 1. The SMILES string of the molecule is Cn1c(=O)[nH]c(=O)n(CN=C=O)c1=O. The maximum atomic E-state index is 11.2. The van der Waals surface area contributed by atoms with E-state index < -0.39 is 23.7 Å². The lowest BCUT2D eigenvalue weighted by molar-refractivity contribution is 0.540. The molecule has 0 aliphatic heterocycles. The first-order valence-electron chi connectivity index (χ1n) is 3.51. The molecule has 0 radical (unpaired) electrons. The minimum absolute atomic E-state index is 0.453. The fourth-order valence-electron chi connectivity index (χ4n) is 0.822. The van der Waals surface area contributed by atoms with Crippen LogP contribution >= 0.6 is 0 Å². The molecule has 0 bridgehead atoms. The van der Waals surface area contributed by atoms with Gasteiger partial charge in [0.05, 0.1) is 0 Å². The van der Waals surface area contributed by atoms with E-state index in [2.05, 4.69) is 4.99 Å². The van der Waals surface area contributed by atoms with Crippen LogP contribution in [-0.2, 0) is 18.5 Å². The number of rotatable bonds is 2. The summed E-state index contributed by atoms with van der Waals surface area (Å²) in [5.74, 6) is 0. The molecule has 0 aliphatic carbocycles. The first-order valence-corrected chi connectivity index (χ1v) is 3.51. The maximum Gasteiger partial charge on any atom is 0.337 e. The second-order valence-electron chi connectivity index (χ2n) is 2.40. The Morgan fingerprint density at radius 3 is 2.57 bits per heavy atom. The van der Waals surface area contributed by atoms with Crippen LogP contribution in [0, 0.1) is 0 Å². The molecule has 0 unspecified atom stereocenters. The summed E-state index contributed by atoms with van der Waals surface area (Å²) in [5.41, 5.74) is -2.55. The smallest absolute Gasteiger partial charge is 0.259 e. The first kappa shape index (κ1) is 9.87. The van der Waals surface area contributed by atoms with Gasteiger partial charge in [0.1, 0.15) is 6.67 Å². The summed E-state index contributed by atoms with van der Waals surface area (Å²) in [4.78, 5) is 47.8. The molecule has 1 heterocycles. The third kappa shape index (κ3) is 1.59. The Morgan fingerprint density at radius 2 is 2.00 bits per heavy atom. The van der Waals surface area contributed by atoms with E-state index in [-0.39, 0.29) is 0 Å². The van der Waals surface area contributed by atoms with Gasteiger partial charge in [-0.25, -0.2) is 28.3 Å². The van der Waals surface area contributed by atoms with Crippen molar-refractivity contribution in [1.29, 1.82) is 0 Å². The van der Waals surface area contributed by atoms with Crippen molar-refractivity contribution in [2.45, 2.75) is 6.67 Å². The van der Waals surface area contributed by atoms with Gasteiger partial charge in [-0.05, 0) is 0 Å². The summed E-state index contributed by atoms with van der Waals surface area (Å²) < 4.78 is 1.30. The second-order valence-corrected chi connectivity index (χ2v) is 2.40. The highest BCUT2D eigenvalue weighted by Gasteiger charge is 2.04. The Bertz CT molecular complexity index is 556. The lowest BCUT2D eigenvalue weighted by Crippen LogP contribution is -2.48. The van der Waals surface area contributed by atoms with Crippen LogP contribution < -0.4 is 17.1 Å². The van der Waals surface area contributed by atoms with E-state index in [0.29, 0.717) is 9.13 Å². The summed E-state index contributed by atoms with van der Waals surface area (Å²) in [7, 11) is 1.20. The molecule has 1 rings (SSSR count). The third-order valence-electron chi connectivity index (χ3n) is 1.56. The minimum atomic E-state index is -0.905. The van der Waals surface area contributed by atoms with E-state index >= 15 is 0 Å². The number of aromatic nitrogens is 3. The lowest BCUT2D eigenvalue weighted by atomic mass is 10.8. The Hall–Kier alpha value is -2.21. The summed E-state index contributed by atoms with van der Waals surface area (Å²) in [6.07, 6.45) is 1.18. The zero-order valence-electron chi connectivity index (χ0n) is 7.18. The van der Waals surface area contributed by atoms with Gasteiger partial charge in [-0.15, -0.1) is 0 Å². The molecule has 0 atom stereocenters. The number of nitrogens with zero attached hydrogens (tertiary/aromatic N) is 3. The van der Waals surface area contributed by atoms with Gasteiger partial charge in [0.2, 0.25) is 6.08 Å². The van der Waals surface area contributed by atoms with Crippen LogP contribution in [0.4, 0.5) is 0 Å². The molecule has 0 spiro atoms. The lowest BCUT2D eigenvalue weighted by Gasteiger charge is -2.00. The van der Waals surface area contributed by atoms with Crippen LogP contribution in [0.2, 0.25) is 0 Å². The Balaban J connectivity index is 3.52. The van der Waals surface area contributed by atoms with Crippen molar-refractivity contribution in [1.82, 2.24) is 14.1 Å². The van der Waals surface area contributed by atoms with Gasteiger partial charge in [0.25, 0.3) is 0 Å². The fourth-order valence-corrected chi connectivity index (χ4v) is 0.822. The van der Waals surface area contributed by atoms with E-state index in [1.54, 1.807) is 0 Å². The number of H-pyrrole nitrogens is 1. The first-order chi connectivity index (χ1) is 6.57.